The summed E-state index contributed by atoms with van der Waals surface area (Å²) >= 11 is 0. The topological polar surface area (TPSA) is 64.9 Å². The number of nitrogens with zero attached hydrogens (tertiary/aromatic N) is 2. The Balaban J connectivity index is 2.17. The molecule has 1 heterocycles. The van der Waals surface area contributed by atoms with E-state index in [9.17, 15) is 0 Å². The van der Waals surface area contributed by atoms with E-state index >= 15 is 0 Å². The number of benzene rings is 1. The molecule has 0 amide bonds. The molecule has 2 aromatic rings. The van der Waals surface area contributed by atoms with E-state index in [0.29, 0.717) is 11.7 Å². The van der Waals surface area contributed by atoms with Gasteiger partial charge in [-0.2, -0.15) is 4.98 Å². The van der Waals surface area contributed by atoms with Crippen LogP contribution in [0.2, 0.25) is 0 Å². The van der Waals surface area contributed by atoms with Gasteiger partial charge in [0.1, 0.15) is 0 Å². The molecule has 0 radical (unpaired) electrons. The number of rotatable bonds is 4. The van der Waals surface area contributed by atoms with Gasteiger partial charge in [-0.15, -0.1) is 0 Å². The van der Waals surface area contributed by atoms with Crippen LogP contribution in [0.25, 0.3) is 0 Å². The average molecular weight is 273 g/mol. The fourth-order valence-electron chi connectivity index (χ4n) is 2.05. The van der Waals surface area contributed by atoms with Gasteiger partial charge in [0.2, 0.25) is 5.89 Å². The number of nitrogens with two attached hydrogens (primary N) is 1. The van der Waals surface area contributed by atoms with Crippen LogP contribution in [0.1, 0.15) is 63.0 Å². The summed E-state index contributed by atoms with van der Waals surface area (Å²) in [6, 6.07) is 7.98. The van der Waals surface area contributed by atoms with Crippen molar-refractivity contribution >= 4 is 0 Å². The third-order valence-corrected chi connectivity index (χ3v) is 3.36. The van der Waals surface area contributed by atoms with Gasteiger partial charge in [-0.1, -0.05) is 57.1 Å². The first-order valence-electron chi connectivity index (χ1n) is 7.10. The molecule has 1 unspecified atom stereocenters. The summed E-state index contributed by atoms with van der Waals surface area (Å²) in [6.45, 7) is 8.66. The Hall–Kier alpha value is -1.68. The molecular weight excluding hydrogens is 250 g/mol. The Morgan fingerprint density at radius 2 is 1.85 bits per heavy atom. The highest BCUT2D eigenvalue weighted by atomic mass is 16.5. The van der Waals surface area contributed by atoms with Gasteiger partial charge >= 0.3 is 0 Å². The van der Waals surface area contributed by atoms with E-state index in [-0.39, 0.29) is 11.5 Å². The number of hydrogen-bond acceptors (Lipinski definition) is 4. The van der Waals surface area contributed by atoms with Gasteiger partial charge in [0.25, 0.3) is 0 Å². The molecule has 20 heavy (non-hydrogen) atoms. The molecule has 108 valence electrons. The molecule has 1 aromatic heterocycles. The summed E-state index contributed by atoms with van der Waals surface area (Å²) < 4.78 is 5.18. The van der Waals surface area contributed by atoms with Crippen LogP contribution < -0.4 is 5.73 Å². The summed E-state index contributed by atoms with van der Waals surface area (Å²) in [5, 5.41) is 3.97. The lowest BCUT2D eigenvalue weighted by Gasteiger charge is -2.19. The van der Waals surface area contributed by atoms with Gasteiger partial charge in [0, 0.05) is 6.42 Å². The minimum atomic E-state index is -0.335. The molecular formula is C16H23N3O. The summed E-state index contributed by atoms with van der Waals surface area (Å²) in [7, 11) is 0. The summed E-state index contributed by atoms with van der Waals surface area (Å²) in [5.41, 5.74) is 8.63. The SMILES string of the molecule is CCCc1nc(C(N)c2ccc(C(C)(C)C)cc2)no1. The van der Waals surface area contributed by atoms with Crippen molar-refractivity contribution in [1.29, 1.82) is 0 Å². The van der Waals surface area contributed by atoms with E-state index in [2.05, 4.69) is 50.0 Å². The molecule has 0 aliphatic carbocycles. The lowest BCUT2D eigenvalue weighted by molar-refractivity contribution is 0.370. The zero-order valence-electron chi connectivity index (χ0n) is 12.7. The van der Waals surface area contributed by atoms with Crippen molar-refractivity contribution in [1.82, 2.24) is 10.1 Å². The Labute approximate surface area is 120 Å². The highest BCUT2D eigenvalue weighted by molar-refractivity contribution is 5.31. The summed E-state index contributed by atoms with van der Waals surface area (Å²) in [5.74, 6) is 1.21. The van der Waals surface area contributed by atoms with E-state index in [4.69, 9.17) is 10.3 Å². The van der Waals surface area contributed by atoms with E-state index in [1.807, 2.05) is 12.1 Å². The maximum Gasteiger partial charge on any atom is 0.226 e. The Kier molecular flexibility index (Phi) is 4.23. The largest absolute Gasteiger partial charge is 0.339 e. The van der Waals surface area contributed by atoms with Crippen LogP contribution in [0.4, 0.5) is 0 Å². The maximum atomic E-state index is 6.20. The van der Waals surface area contributed by atoms with Crippen LogP contribution in [0.5, 0.6) is 0 Å². The van der Waals surface area contributed by atoms with Crippen LogP contribution >= 0.6 is 0 Å². The van der Waals surface area contributed by atoms with Crippen molar-refractivity contribution in [2.24, 2.45) is 5.73 Å². The van der Waals surface area contributed by atoms with E-state index in [0.717, 1.165) is 18.4 Å². The zero-order chi connectivity index (χ0) is 14.8. The van der Waals surface area contributed by atoms with Crippen LogP contribution in [0.3, 0.4) is 0 Å². The Bertz CT molecular complexity index is 552. The molecule has 0 spiro atoms. The van der Waals surface area contributed by atoms with Crippen molar-refractivity contribution < 1.29 is 4.52 Å². The first kappa shape index (κ1) is 14.7. The lowest BCUT2D eigenvalue weighted by Crippen LogP contribution is -2.15. The quantitative estimate of drug-likeness (QED) is 0.927. The normalized spacial score (nSPS) is 13.4. The molecule has 0 saturated carbocycles. The molecule has 0 aliphatic rings. The minimum Gasteiger partial charge on any atom is -0.339 e. The molecule has 2 N–H and O–H groups in total. The third-order valence-electron chi connectivity index (χ3n) is 3.36. The fraction of sp³-hybridized carbons (Fsp3) is 0.500. The average Bonchev–Trinajstić information content (AvgIpc) is 2.86. The van der Waals surface area contributed by atoms with Crippen molar-refractivity contribution in [3.05, 3.63) is 47.1 Å². The smallest absolute Gasteiger partial charge is 0.226 e. The van der Waals surface area contributed by atoms with Gasteiger partial charge in [0.15, 0.2) is 5.82 Å². The summed E-state index contributed by atoms with van der Waals surface area (Å²) in [6.07, 6.45) is 1.78. The first-order chi connectivity index (χ1) is 9.41. The number of aromatic nitrogens is 2. The molecule has 4 heteroatoms. The van der Waals surface area contributed by atoms with E-state index < -0.39 is 0 Å². The predicted octanol–water partition coefficient (Wildman–Crippen LogP) is 3.37. The van der Waals surface area contributed by atoms with Gasteiger partial charge in [0.05, 0.1) is 6.04 Å². The standard InChI is InChI=1S/C16H23N3O/c1-5-6-13-18-15(19-20-13)14(17)11-7-9-12(10-8-11)16(2,3)4/h7-10,14H,5-6,17H2,1-4H3. The van der Waals surface area contributed by atoms with Crippen molar-refractivity contribution in [2.75, 3.05) is 0 Å². The highest BCUT2D eigenvalue weighted by Gasteiger charge is 2.18. The van der Waals surface area contributed by atoms with Crippen LogP contribution in [0.15, 0.2) is 28.8 Å². The second-order valence-corrected chi connectivity index (χ2v) is 6.15. The fourth-order valence-corrected chi connectivity index (χ4v) is 2.05. The molecule has 0 aliphatic heterocycles. The maximum absolute atomic E-state index is 6.20. The van der Waals surface area contributed by atoms with Crippen molar-refractivity contribution in [3.8, 4) is 0 Å². The molecule has 4 nitrogen and oxygen atoms in total. The Morgan fingerprint density at radius 3 is 2.40 bits per heavy atom. The molecule has 1 atom stereocenters. The second kappa shape index (κ2) is 5.75. The van der Waals surface area contributed by atoms with E-state index in [1.54, 1.807) is 0 Å². The zero-order valence-corrected chi connectivity index (χ0v) is 12.7. The first-order valence-corrected chi connectivity index (χ1v) is 7.10. The molecule has 1 aromatic carbocycles. The number of hydrogen-bond donors (Lipinski definition) is 1. The second-order valence-electron chi connectivity index (χ2n) is 6.15. The third kappa shape index (κ3) is 3.25. The summed E-state index contributed by atoms with van der Waals surface area (Å²) in [4.78, 5) is 4.34. The molecule has 0 saturated heterocycles. The van der Waals surface area contributed by atoms with Gasteiger partial charge in [-0.05, 0) is 23.0 Å². The van der Waals surface area contributed by atoms with Gasteiger partial charge < -0.3 is 10.3 Å². The van der Waals surface area contributed by atoms with Crippen molar-refractivity contribution in [2.45, 2.75) is 52.0 Å². The minimum absolute atomic E-state index is 0.142. The molecule has 2 rings (SSSR count). The molecule has 0 fully saturated rings. The number of aryl methyl sites for hydroxylation is 1. The van der Waals surface area contributed by atoms with E-state index in [1.165, 1.54) is 5.56 Å². The van der Waals surface area contributed by atoms with Crippen molar-refractivity contribution in [3.63, 3.8) is 0 Å². The Morgan fingerprint density at radius 1 is 1.20 bits per heavy atom. The predicted molar refractivity (Wildman–Crippen MR) is 79.5 cm³/mol. The highest BCUT2D eigenvalue weighted by Crippen LogP contribution is 2.24. The van der Waals surface area contributed by atoms with Crippen LogP contribution in [-0.2, 0) is 11.8 Å². The van der Waals surface area contributed by atoms with Crippen LogP contribution in [-0.4, -0.2) is 10.1 Å². The van der Waals surface area contributed by atoms with Gasteiger partial charge in [-0.25, -0.2) is 0 Å². The van der Waals surface area contributed by atoms with Gasteiger partial charge in [-0.3, -0.25) is 0 Å². The molecule has 0 bridgehead atoms. The van der Waals surface area contributed by atoms with Crippen LogP contribution in [0, 0.1) is 0 Å². The monoisotopic (exact) mass is 273 g/mol. The lowest BCUT2D eigenvalue weighted by atomic mass is 9.86.